The number of carbonyl (C=O) groups excluding carboxylic acids is 1. The summed E-state index contributed by atoms with van der Waals surface area (Å²) in [6, 6.07) is 0. The second kappa shape index (κ2) is 4.46. The van der Waals surface area contributed by atoms with Crippen LogP contribution in [0.25, 0.3) is 0 Å². The Morgan fingerprint density at radius 1 is 1.37 bits per heavy atom. The van der Waals surface area contributed by atoms with Crippen molar-refractivity contribution >= 4 is 5.97 Å². The van der Waals surface area contributed by atoms with Crippen molar-refractivity contribution in [2.75, 3.05) is 13.2 Å². The largest absolute Gasteiger partial charge is 0.466 e. The highest BCUT2D eigenvalue weighted by molar-refractivity contribution is 5.70. The van der Waals surface area contributed by atoms with Gasteiger partial charge < -0.3 is 4.74 Å². The summed E-state index contributed by atoms with van der Waals surface area (Å²) in [5.74, 6) is 1.92. The molecule has 0 aromatic heterocycles. The van der Waals surface area contributed by atoms with Crippen LogP contribution in [0.3, 0.4) is 0 Å². The Labute approximate surface area is 112 Å². The first kappa shape index (κ1) is 12.9. The highest BCUT2D eigenvalue weighted by Gasteiger charge is 2.68. The summed E-state index contributed by atoms with van der Waals surface area (Å²) >= 11 is 0. The molecule has 5 nitrogen and oxygen atoms in total. The molecule has 19 heavy (non-hydrogen) atoms. The number of hydrogen-bond donors (Lipinski definition) is 0. The minimum absolute atomic E-state index is 0.0512. The van der Waals surface area contributed by atoms with Crippen molar-refractivity contribution in [3.05, 3.63) is 10.1 Å². The first-order valence-corrected chi connectivity index (χ1v) is 7.34. The molecular formula is C14H21NO4. The third kappa shape index (κ3) is 1.85. The molecule has 0 saturated heterocycles. The van der Waals surface area contributed by atoms with E-state index in [2.05, 4.69) is 0 Å². The summed E-state index contributed by atoms with van der Waals surface area (Å²) in [5.41, 5.74) is -0.397. The van der Waals surface area contributed by atoms with E-state index < -0.39 is 5.41 Å². The smallest absolute Gasteiger partial charge is 0.306 e. The molecule has 0 aromatic carbocycles. The van der Waals surface area contributed by atoms with E-state index in [1.54, 1.807) is 6.92 Å². The molecule has 3 fully saturated rings. The first-order valence-electron chi connectivity index (χ1n) is 7.34. The Hall–Kier alpha value is -1.13. The van der Waals surface area contributed by atoms with Gasteiger partial charge in [-0.1, -0.05) is 6.42 Å². The summed E-state index contributed by atoms with van der Waals surface area (Å²) < 4.78 is 5.05. The van der Waals surface area contributed by atoms with Gasteiger partial charge in [-0.15, -0.1) is 0 Å². The summed E-state index contributed by atoms with van der Waals surface area (Å²) in [6.07, 6.45) is 4.84. The average Bonchev–Trinajstić information content (AvgIpc) is 2.52. The molecule has 0 heterocycles. The lowest BCUT2D eigenvalue weighted by atomic mass is 9.45. The second-order valence-electron chi connectivity index (χ2n) is 6.50. The first-order chi connectivity index (χ1) is 9.06. The predicted molar refractivity (Wildman–Crippen MR) is 68.0 cm³/mol. The lowest BCUT2D eigenvalue weighted by molar-refractivity contribution is -0.511. The summed E-state index contributed by atoms with van der Waals surface area (Å²) in [6.45, 7) is 2.09. The van der Waals surface area contributed by atoms with Crippen molar-refractivity contribution < 1.29 is 14.5 Å². The van der Waals surface area contributed by atoms with E-state index in [0.29, 0.717) is 24.4 Å². The van der Waals surface area contributed by atoms with Crippen LogP contribution >= 0.6 is 0 Å². The zero-order valence-corrected chi connectivity index (χ0v) is 11.3. The Balaban J connectivity index is 1.82. The minimum Gasteiger partial charge on any atom is -0.466 e. The predicted octanol–water partition coefficient (Wildman–Crippen LogP) is 2.27. The molecular weight excluding hydrogens is 246 g/mol. The molecule has 0 spiro atoms. The highest BCUT2D eigenvalue weighted by atomic mass is 16.6. The van der Waals surface area contributed by atoms with Crippen molar-refractivity contribution in [1.29, 1.82) is 0 Å². The Bertz CT molecular complexity index is 402. The van der Waals surface area contributed by atoms with E-state index in [4.69, 9.17) is 4.74 Å². The van der Waals surface area contributed by atoms with Gasteiger partial charge in [0.2, 0.25) is 6.54 Å². The van der Waals surface area contributed by atoms with Gasteiger partial charge in [-0.05, 0) is 49.9 Å². The molecule has 106 valence electrons. The number of fused-ring (bicyclic) bond motifs is 1. The van der Waals surface area contributed by atoms with Crippen molar-refractivity contribution in [1.82, 2.24) is 0 Å². The van der Waals surface area contributed by atoms with E-state index >= 15 is 0 Å². The Morgan fingerprint density at radius 2 is 2.16 bits per heavy atom. The molecule has 5 heteroatoms. The van der Waals surface area contributed by atoms with Gasteiger partial charge >= 0.3 is 5.97 Å². The fraction of sp³-hybridized carbons (Fsp3) is 0.929. The van der Waals surface area contributed by atoms with E-state index in [-0.39, 0.29) is 23.9 Å². The Kier molecular flexibility index (Phi) is 3.02. The van der Waals surface area contributed by atoms with Crippen LogP contribution in [0.5, 0.6) is 0 Å². The van der Waals surface area contributed by atoms with Crippen LogP contribution in [0, 0.1) is 39.2 Å². The maximum Gasteiger partial charge on any atom is 0.306 e. The van der Waals surface area contributed by atoms with Crippen molar-refractivity contribution in [2.45, 2.75) is 39.0 Å². The number of esters is 1. The van der Waals surface area contributed by atoms with Crippen LogP contribution in [0.15, 0.2) is 0 Å². The molecule has 0 radical (unpaired) electrons. The third-order valence-electron chi connectivity index (χ3n) is 5.79. The van der Waals surface area contributed by atoms with Gasteiger partial charge in [0.05, 0.1) is 18.4 Å². The molecule has 2 bridgehead atoms. The molecule has 5 atom stereocenters. The molecule has 3 aliphatic rings. The van der Waals surface area contributed by atoms with Crippen LogP contribution in [-0.4, -0.2) is 24.0 Å². The number of ether oxygens (including phenoxy) is 1. The highest BCUT2D eigenvalue weighted by Crippen LogP contribution is 2.70. The van der Waals surface area contributed by atoms with Gasteiger partial charge in [0.25, 0.3) is 0 Å². The molecule has 0 aliphatic heterocycles. The lowest BCUT2D eigenvalue weighted by Gasteiger charge is -2.57. The third-order valence-corrected chi connectivity index (χ3v) is 5.79. The second-order valence-corrected chi connectivity index (χ2v) is 6.50. The standard InChI is InChI=1S/C14H21NO4/c1-2-19-13(16)7-14(8-15(17)18)11-4-3-9-5-10(11)12(14)6-9/h9-12H,2-8H2,1H3/t9?,10-,11+,12-,14-/m1/s1. The number of rotatable bonds is 5. The van der Waals surface area contributed by atoms with E-state index in [0.717, 1.165) is 18.8 Å². The average molecular weight is 267 g/mol. The zero-order valence-electron chi connectivity index (χ0n) is 11.3. The number of nitro groups is 1. The normalized spacial score (nSPS) is 42.6. The fourth-order valence-corrected chi connectivity index (χ4v) is 5.29. The van der Waals surface area contributed by atoms with Crippen LogP contribution in [0.1, 0.15) is 39.0 Å². The molecule has 3 rings (SSSR count). The van der Waals surface area contributed by atoms with Gasteiger partial charge in [-0.3, -0.25) is 14.9 Å². The summed E-state index contributed by atoms with van der Waals surface area (Å²) in [7, 11) is 0. The fourth-order valence-electron chi connectivity index (χ4n) is 5.29. The Morgan fingerprint density at radius 3 is 2.84 bits per heavy atom. The quantitative estimate of drug-likeness (QED) is 0.435. The summed E-state index contributed by atoms with van der Waals surface area (Å²) in [5, 5.41) is 11.1. The van der Waals surface area contributed by atoms with Crippen LogP contribution in [0.4, 0.5) is 0 Å². The molecule has 1 unspecified atom stereocenters. The number of nitrogens with zero attached hydrogens (tertiary/aromatic N) is 1. The molecule has 3 saturated carbocycles. The monoisotopic (exact) mass is 267 g/mol. The van der Waals surface area contributed by atoms with E-state index in [9.17, 15) is 14.9 Å². The molecule has 3 aliphatic carbocycles. The maximum atomic E-state index is 11.9. The zero-order chi connectivity index (χ0) is 13.6. The van der Waals surface area contributed by atoms with Crippen molar-refractivity contribution in [3.63, 3.8) is 0 Å². The van der Waals surface area contributed by atoms with Crippen LogP contribution in [0.2, 0.25) is 0 Å². The van der Waals surface area contributed by atoms with Crippen LogP contribution in [-0.2, 0) is 9.53 Å². The topological polar surface area (TPSA) is 69.4 Å². The number of carbonyl (C=O) groups is 1. The number of hydrogen-bond acceptors (Lipinski definition) is 4. The van der Waals surface area contributed by atoms with Gasteiger partial charge in [-0.25, -0.2) is 0 Å². The summed E-state index contributed by atoms with van der Waals surface area (Å²) in [4.78, 5) is 22.7. The van der Waals surface area contributed by atoms with Gasteiger partial charge in [0, 0.05) is 4.92 Å². The SMILES string of the molecule is CCOC(=O)C[C@]1(C[N+](=O)[O-])[C@@H]2CC3CC[C@H]1[C@H]2C3. The van der Waals surface area contributed by atoms with Crippen molar-refractivity contribution in [3.8, 4) is 0 Å². The lowest BCUT2D eigenvalue weighted by Crippen LogP contribution is -2.59. The van der Waals surface area contributed by atoms with Gasteiger partial charge in [-0.2, -0.15) is 0 Å². The van der Waals surface area contributed by atoms with Gasteiger partial charge in [0.15, 0.2) is 0 Å². The van der Waals surface area contributed by atoms with Gasteiger partial charge in [0.1, 0.15) is 0 Å². The van der Waals surface area contributed by atoms with E-state index in [1.807, 2.05) is 0 Å². The van der Waals surface area contributed by atoms with E-state index in [1.165, 1.54) is 12.8 Å². The maximum absolute atomic E-state index is 11.9. The minimum atomic E-state index is -0.397. The molecule has 0 aromatic rings. The van der Waals surface area contributed by atoms with Crippen molar-refractivity contribution in [2.24, 2.45) is 29.1 Å². The molecule has 0 N–H and O–H groups in total. The van der Waals surface area contributed by atoms with Crippen LogP contribution < -0.4 is 0 Å². The molecule has 0 amide bonds.